The number of anilines is 1. The number of aliphatic hydroxyl groups is 1. The summed E-state index contributed by atoms with van der Waals surface area (Å²) in [6.45, 7) is 2.30. The van der Waals surface area contributed by atoms with Crippen LogP contribution in [0.2, 0.25) is 0 Å². The fourth-order valence-corrected chi connectivity index (χ4v) is 4.76. The molecule has 0 radical (unpaired) electrons. The number of benzene rings is 1. The number of pyridine rings is 1. The molecule has 1 unspecified atom stereocenters. The van der Waals surface area contributed by atoms with Gasteiger partial charge in [-0.3, -0.25) is 4.98 Å². The number of aliphatic hydroxyl groups excluding tert-OH is 1. The van der Waals surface area contributed by atoms with Gasteiger partial charge in [0.1, 0.15) is 17.0 Å². The van der Waals surface area contributed by atoms with E-state index in [1.54, 1.807) is 19.1 Å². The molecule has 3 heterocycles. The first-order valence-electron chi connectivity index (χ1n) is 10.1. The minimum atomic E-state index is -3.24. The molecule has 0 saturated carbocycles. The second-order valence-corrected chi connectivity index (χ2v) is 9.88. The topological polar surface area (TPSA) is 108 Å². The molecule has 8 nitrogen and oxygen atoms in total. The number of hydrogen-bond acceptors (Lipinski definition) is 7. The first kappa shape index (κ1) is 22.4. The summed E-state index contributed by atoms with van der Waals surface area (Å²) in [5.41, 5.74) is 0.663. The van der Waals surface area contributed by atoms with Crippen molar-refractivity contribution in [3.63, 3.8) is 0 Å². The average molecular weight is 464 g/mol. The van der Waals surface area contributed by atoms with E-state index in [-0.39, 0.29) is 28.8 Å². The van der Waals surface area contributed by atoms with E-state index in [0.717, 1.165) is 12.3 Å². The number of sulfonamides is 1. The molecule has 0 spiro atoms. The van der Waals surface area contributed by atoms with Gasteiger partial charge in [0.05, 0.1) is 18.6 Å². The maximum atomic E-state index is 14.7. The number of rotatable bonds is 5. The van der Waals surface area contributed by atoms with Gasteiger partial charge in [0.25, 0.3) is 0 Å². The molecule has 2 N–H and O–H groups in total. The quantitative estimate of drug-likeness (QED) is 0.599. The standard InChI is InChI=1S/C21H23F2N5O3S/c1-12(29)15-3-6-24-20-16(15)9-13(10-17(20)22)19-18(23)11-25-21(27-19)26-14-4-7-28(8-5-14)32(2,30)31/h3,6,9-12,14,29H,4-5,7-8H2,1-2H3,(H,25,26,27). The molecule has 2 aromatic heterocycles. The van der Waals surface area contributed by atoms with Gasteiger partial charge >= 0.3 is 0 Å². The van der Waals surface area contributed by atoms with E-state index in [9.17, 15) is 22.3 Å². The van der Waals surface area contributed by atoms with Crippen molar-refractivity contribution in [2.75, 3.05) is 24.7 Å². The second-order valence-electron chi connectivity index (χ2n) is 7.90. The zero-order valence-corrected chi connectivity index (χ0v) is 18.4. The van der Waals surface area contributed by atoms with Crippen LogP contribution in [0, 0.1) is 11.6 Å². The largest absolute Gasteiger partial charge is 0.389 e. The number of nitrogens with zero attached hydrogens (tertiary/aromatic N) is 4. The average Bonchev–Trinajstić information content (AvgIpc) is 2.74. The molecule has 1 atom stereocenters. The third-order valence-electron chi connectivity index (χ3n) is 5.56. The van der Waals surface area contributed by atoms with Crippen molar-refractivity contribution in [1.82, 2.24) is 19.3 Å². The molecule has 32 heavy (non-hydrogen) atoms. The van der Waals surface area contributed by atoms with E-state index in [4.69, 9.17) is 0 Å². The molecule has 11 heteroatoms. The summed E-state index contributed by atoms with van der Waals surface area (Å²) in [6.07, 6.45) is 3.85. The van der Waals surface area contributed by atoms with Crippen molar-refractivity contribution in [1.29, 1.82) is 0 Å². The van der Waals surface area contributed by atoms with Crippen LogP contribution < -0.4 is 5.32 Å². The molecule has 1 aliphatic rings. The molecule has 1 saturated heterocycles. The van der Waals surface area contributed by atoms with Gasteiger partial charge < -0.3 is 10.4 Å². The smallest absolute Gasteiger partial charge is 0.223 e. The highest BCUT2D eigenvalue weighted by molar-refractivity contribution is 7.88. The lowest BCUT2D eigenvalue weighted by atomic mass is 10.0. The third kappa shape index (κ3) is 4.54. The molecule has 0 aliphatic carbocycles. The number of piperidine rings is 1. The maximum Gasteiger partial charge on any atom is 0.223 e. The fraction of sp³-hybridized carbons (Fsp3) is 0.381. The lowest BCUT2D eigenvalue weighted by molar-refractivity contribution is 0.201. The Morgan fingerprint density at radius 3 is 2.56 bits per heavy atom. The summed E-state index contributed by atoms with van der Waals surface area (Å²) >= 11 is 0. The van der Waals surface area contributed by atoms with Crippen LogP contribution in [-0.4, -0.2) is 58.2 Å². The maximum absolute atomic E-state index is 14.7. The fourth-order valence-electron chi connectivity index (χ4n) is 3.89. The van der Waals surface area contributed by atoms with E-state index in [1.807, 2.05) is 0 Å². The van der Waals surface area contributed by atoms with Crippen molar-refractivity contribution < 1.29 is 22.3 Å². The number of nitrogens with one attached hydrogen (secondary N) is 1. The van der Waals surface area contributed by atoms with Gasteiger partial charge in [-0.25, -0.2) is 31.5 Å². The Morgan fingerprint density at radius 1 is 1.19 bits per heavy atom. The van der Waals surface area contributed by atoms with Crippen LogP contribution in [0.25, 0.3) is 22.2 Å². The summed E-state index contributed by atoms with van der Waals surface area (Å²) < 4.78 is 54.1. The van der Waals surface area contributed by atoms with Crippen LogP contribution in [0.3, 0.4) is 0 Å². The molecule has 1 aliphatic heterocycles. The van der Waals surface area contributed by atoms with E-state index >= 15 is 0 Å². The van der Waals surface area contributed by atoms with E-state index in [2.05, 4.69) is 20.3 Å². The lowest BCUT2D eigenvalue weighted by Gasteiger charge is -2.30. The Morgan fingerprint density at radius 2 is 1.91 bits per heavy atom. The molecule has 170 valence electrons. The Labute approximate surface area is 184 Å². The lowest BCUT2D eigenvalue weighted by Crippen LogP contribution is -2.42. The van der Waals surface area contributed by atoms with Crippen molar-refractivity contribution >= 4 is 26.9 Å². The first-order valence-corrected chi connectivity index (χ1v) is 12.0. The van der Waals surface area contributed by atoms with Crippen molar-refractivity contribution in [2.45, 2.75) is 31.9 Å². The first-order chi connectivity index (χ1) is 15.1. The minimum Gasteiger partial charge on any atom is -0.389 e. The number of halogens is 2. The highest BCUT2D eigenvalue weighted by atomic mass is 32.2. The summed E-state index contributed by atoms with van der Waals surface area (Å²) in [4.78, 5) is 12.3. The van der Waals surface area contributed by atoms with Gasteiger partial charge in [0.2, 0.25) is 16.0 Å². The predicted octanol–water partition coefficient (Wildman–Crippen LogP) is 2.86. The Bertz CT molecular complexity index is 1260. The Balaban J connectivity index is 1.64. The van der Waals surface area contributed by atoms with Gasteiger partial charge in [0.15, 0.2) is 5.82 Å². The molecule has 1 aromatic carbocycles. The number of aromatic nitrogens is 3. The summed E-state index contributed by atoms with van der Waals surface area (Å²) in [6, 6.07) is 4.21. The van der Waals surface area contributed by atoms with Gasteiger partial charge in [-0.2, -0.15) is 0 Å². The van der Waals surface area contributed by atoms with Gasteiger partial charge in [-0.15, -0.1) is 0 Å². The highest BCUT2D eigenvalue weighted by Gasteiger charge is 2.25. The zero-order valence-electron chi connectivity index (χ0n) is 17.6. The highest BCUT2D eigenvalue weighted by Crippen LogP contribution is 2.31. The van der Waals surface area contributed by atoms with Crippen LogP contribution in [0.1, 0.15) is 31.4 Å². The predicted molar refractivity (Wildman–Crippen MR) is 116 cm³/mol. The van der Waals surface area contributed by atoms with Crippen molar-refractivity contribution in [3.05, 3.63) is 47.8 Å². The Hall–Kier alpha value is -2.76. The van der Waals surface area contributed by atoms with Crippen LogP contribution in [0.4, 0.5) is 14.7 Å². The molecule has 4 rings (SSSR count). The number of fused-ring (bicyclic) bond motifs is 1. The normalized spacial score (nSPS) is 16.9. The SMILES string of the molecule is CC(O)c1ccnc2c(F)cc(-c3nc(NC4CCN(S(C)(=O)=O)CC4)ncc3F)cc12. The van der Waals surface area contributed by atoms with E-state index in [1.165, 1.54) is 16.8 Å². The van der Waals surface area contributed by atoms with Crippen LogP contribution in [-0.2, 0) is 10.0 Å². The molecule has 3 aromatic rings. The molecular weight excluding hydrogens is 440 g/mol. The van der Waals surface area contributed by atoms with Gasteiger partial charge in [-0.05, 0) is 43.5 Å². The van der Waals surface area contributed by atoms with Gasteiger partial charge in [0, 0.05) is 36.3 Å². The van der Waals surface area contributed by atoms with Crippen LogP contribution >= 0.6 is 0 Å². The van der Waals surface area contributed by atoms with Crippen molar-refractivity contribution in [3.8, 4) is 11.3 Å². The monoisotopic (exact) mass is 463 g/mol. The van der Waals surface area contributed by atoms with Crippen molar-refractivity contribution in [2.24, 2.45) is 0 Å². The molecule has 1 fully saturated rings. The number of hydrogen-bond donors (Lipinski definition) is 2. The second kappa shape index (κ2) is 8.64. The van der Waals surface area contributed by atoms with Gasteiger partial charge in [-0.1, -0.05) is 0 Å². The van der Waals surface area contributed by atoms with Crippen LogP contribution in [0.15, 0.2) is 30.6 Å². The minimum absolute atomic E-state index is 0.0781. The summed E-state index contributed by atoms with van der Waals surface area (Å²) in [7, 11) is -3.24. The van der Waals surface area contributed by atoms with Crippen LogP contribution in [0.5, 0.6) is 0 Å². The third-order valence-corrected chi connectivity index (χ3v) is 6.86. The molecular formula is C21H23F2N5O3S. The summed E-state index contributed by atoms with van der Waals surface area (Å²) in [5, 5.41) is 13.5. The molecule has 0 bridgehead atoms. The van der Waals surface area contributed by atoms with E-state index in [0.29, 0.717) is 36.9 Å². The molecule has 0 amide bonds. The Kier molecular flexibility index (Phi) is 6.06. The summed E-state index contributed by atoms with van der Waals surface area (Å²) in [5.74, 6) is -1.20. The zero-order chi connectivity index (χ0) is 23.0. The van der Waals surface area contributed by atoms with E-state index < -0.39 is 27.8 Å².